The van der Waals surface area contributed by atoms with Crippen molar-refractivity contribution in [3.05, 3.63) is 29.1 Å². The van der Waals surface area contributed by atoms with Crippen LogP contribution in [-0.2, 0) is 0 Å². The molecule has 0 amide bonds. The zero-order valence-electron chi connectivity index (χ0n) is 6.10. The van der Waals surface area contributed by atoms with Gasteiger partial charge in [0.15, 0.2) is 17.9 Å². The highest BCUT2D eigenvalue weighted by molar-refractivity contribution is 5.74. The summed E-state index contributed by atoms with van der Waals surface area (Å²) < 4.78 is 49.1. The highest BCUT2D eigenvalue weighted by Gasteiger charge is 2.22. The molecule has 70 valence electrons. The second kappa shape index (κ2) is 3.51. The van der Waals surface area contributed by atoms with Gasteiger partial charge in [0.05, 0.1) is 11.8 Å². The van der Waals surface area contributed by atoms with Crippen LogP contribution in [0.3, 0.4) is 0 Å². The predicted molar refractivity (Wildman–Crippen MR) is 34.5 cm³/mol. The maximum Gasteiger partial charge on any atom is 0.268 e. The molecule has 0 spiro atoms. The lowest BCUT2D eigenvalue weighted by molar-refractivity contribution is 0.109. The van der Waals surface area contributed by atoms with Gasteiger partial charge in [-0.3, -0.25) is 4.79 Å². The molecule has 0 fully saturated rings. The van der Waals surface area contributed by atoms with Crippen molar-refractivity contribution in [2.45, 2.75) is 6.43 Å². The van der Waals surface area contributed by atoms with E-state index in [0.29, 0.717) is 6.20 Å². The summed E-state index contributed by atoms with van der Waals surface area (Å²) >= 11 is 0. The first kappa shape index (κ1) is 9.63. The Morgan fingerprint density at radius 2 is 2.00 bits per heavy atom. The Bertz CT molecular complexity index is 340. The molecule has 0 aliphatic carbocycles. The number of pyridine rings is 1. The summed E-state index contributed by atoms with van der Waals surface area (Å²) in [5.41, 5.74) is -2.08. The standard InChI is InChI=1S/C7H3F4NO/c8-3-1-12-4(2-13)5(6(3)9)7(10)11/h1-2,7H. The minimum atomic E-state index is -3.26. The molecule has 0 atom stereocenters. The number of alkyl halides is 2. The summed E-state index contributed by atoms with van der Waals surface area (Å²) in [5, 5.41) is 0. The molecular weight excluding hydrogens is 190 g/mol. The van der Waals surface area contributed by atoms with Crippen LogP contribution in [0, 0.1) is 11.6 Å². The van der Waals surface area contributed by atoms with Crippen molar-refractivity contribution in [3.8, 4) is 0 Å². The van der Waals surface area contributed by atoms with Crippen LogP contribution < -0.4 is 0 Å². The lowest BCUT2D eigenvalue weighted by Crippen LogP contribution is -2.03. The van der Waals surface area contributed by atoms with Crippen LogP contribution in [0.15, 0.2) is 6.20 Å². The number of halogens is 4. The Kier molecular flexibility index (Phi) is 2.60. The van der Waals surface area contributed by atoms with Gasteiger partial charge in [-0.15, -0.1) is 0 Å². The molecule has 1 aromatic rings. The van der Waals surface area contributed by atoms with Gasteiger partial charge in [0, 0.05) is 0 Å². The highest BCUT2D eigenvalue weighted by atomic mass is 19.3. The van der Waals surface area contributed by atoms with Crippen molar-refractivity contribution >= 4 is 6.29 Å². The van der Waals surface area contributed by atoms with Gasteiger partial charge < -0.3 is 0 Å². The second-order valence-corrected chi connectivity index (χ2v) is 2.14. The molecule has 0 saturated heterocycles. The van der Waals surface area contributed by atoms with Crippen LogP contribution in [0.25, 0.3) is 0 Å². The third-order valence-electron chi connectivity index (χ3n) is 1.37. The largest absolute Gasteiger partial charge is 0.296 e. The first-order valence-electron chi connectivity index (χ1n) is 3.15. The average molecular weight is 193 g/mol. The van der Waals surface area contributed by atoms with Crippen LogP contribution in [0.4, 0.5) is 17.6 Å². The first-order chi connectivity index (χ1) is 6.07. The Labute approximate surface area is 70.2 Å². The van der Waals surface area contributed by atoms with Crippen molar-refractivity contribution < 1.29 is 22.4 Å². The molecule has 13 heavy (non-hydrogen) atoms. The summed E-state index contributed by atoms with van der Waals surface area (Å²) in [6, 6.07) is 0. The minimum absolute atomic E-state index is 0.0516. The van der Waals surface area contributed by atoms with E-state index in [4.69, 9.17) is 0 Å². The van der Waals surface area contributed by atoms with Crippen molar-refractivity contribution in [3.63, 3.8) is 0 Å². The van der Waals surface area contributed by atoms with E-state index in [1.165, 1.54) is 0 Å². The summed E-state index contributed by atoms with van der Waals surface area (Å²) in [5.74, 6) is -3.23. The van der Waals surface area contributed by atoms with Crippen molar-refractivity contribution in [1.29, 1.82) is 0 Å². The Morgan fingerprint density at radius 1 is 1.38 bits per heavy atom. The normalized spacial score (nSPS) is 10.5. The molecule has 6 heteroatoms. The number of hydrogen-bond donors (Lipinski definition) is 0. The van der Waals surface area contributed by atoms with Crippen LogP contribution >= 0.6 is 0 Å². The molecule has 2 nitrogen and oxygen atoms in total. The first-order valence-corrected chi connectivity index (χ1v) is 3.15. The Balaban J connectivity index is 3.41. The third-order valence-corrected chi connectivity index (χ3v) is 1.37. The fourth-order valence-electron chi connectivity index (χ4n) is 0.795. The van der Waals surface area contributed by atoms with Crippen molar-refractivity contribution in [1.82, 2.24) is 4.98 Å². The van der Waals surface area contributed by atoms with E-state index in [2.05, 4.69) is 4.98 Å². The van der Waals surface area contributed by atoms with Gasteiger partial charge in [-0.2, -0.15) is 0 Å². The average Bonchev–Trinajstić information content (AvgIpc) is 2.08. The predicted octanol–water partition coefficient (Wildman–Crippen LogP) is 2.11. The third kappa shape index (κ3) is 1.66. The molecule has 0 aliphatic rings. The van der Waals surface area contributed by atoms with Crippen LogP contribution in [0.2, 0.25) is 0 Å². The second-order valence-electron chi connectivity index (χ2n) is 2.14. The fourth-order valence-corrected chi connectivity index (χ4v) is 0.795. The summed E-state index contributed by atoms with van der Waals surface area (Å²) in [6.45, 7) is 0. The van der Waals surface area contributed by atoms with Gasteiger partial charge in [0.1, 0.15) is 5.69 Å². The van der Waals surface area contributed by atoms with E-state index in [1.807, 2.05) is 0 Å². The van der Waals surface area contributed by atoms with E-state index in [9.17, 15) is 22.4 Å². The van der Waals surface area contributed by atoms with Gasteiger partial charge in [-0.1, -0.05) is 0 Å². The van der Waals surface area contributed by atoms with Crippen molar-refractivity contribution in [2.24, 2.45) is 0 Å². The molecule has 1 aromatic heterocycles. The minimum Gasteiger partial charge on any atom is -0.296 e. The number of rotatable bonds is 2. The smallest absolute Gasteiger partial charge is 0.268 e. The van der Waals surface area contributed by atoms with Gasteiger partial charge in [0.25, 0.3) is 6.43 Å². The lowest BCUT2D eigenvalue weighted by atomic mass is 10.2. The van der Waals surface area contributed by atoms with E-state index in [-0.39, 0.29) is 6.29 Å². The van der Waals surface area contributed by atoms with Crippen LogP contribution in [0.5, 0.6) is 0 Å². The topological polar surface area (TPSA) is 30.0 Å². The molecule has 1 rings (SSSR count). The summed E-state index contributed by atoms with van der Waals surface area (Å²) in [4.78, 5) is 13.1. The molecule has 0 N–H and O–H groups in total. The molecule has 0 unspecified atom stereocenters. The van der Waals surface area contributed by atoms with E-state index in [1.54, 1.807) is 0 Å². The number of nitrogens with zero attached hydrogens (tertiary/aromatic N) is 1. The number of hydrogen-bond acceptors (Lipinski definition) is 2. The van der Waals surface area contributed by atoms with Crippen LogP contribution in [-0.4, -0.2) is 11.3 Å². The van der Waals surface area contributed by atoms with E-state index < -0.39 is 29.3 Å². The maximum atomic E-state index is 12.6. The number of carbonyl (C=O) groups is 1. The maximum absolute atomic E-state index is 12.6. The van der Waals surface area contributed by atoms with Crippen LogP contribution in [0.1, 0.15) is 22.5 Å². The molecule has 0 radical (unpaired) electrons. The molecule has 0 aliphatic heterocycles. The molecule has 0 bridgehead atoms. The summed E-state index contributed by atoms with van der Waals surface area (Å²) in [7, 11) is 0. The SMILES string of the molecule is O=Cc1ncc(F)c(F)c1C(F)F. The molecule has 1 heterocycles. The monoisotopic (exact) mass is 193 g/mol. The zero-order chi connectivity index (χ0) is 10.0. The lowest BCUT2D eigenvalue weighted by Gasteiger charge is -2.03. The van der Waals surface area contributed by atoms with Gasteiger partial charge in [-0.25, -0.2) is 22.5 Å². The summed E-state index contributed by atoms with van der Waals surface area (Å²) in [6.07, 6.45) is -2.93. The Hall–Kier alpha value is -1.46. The van der Waals surface area contributed by atoms with E-state index >= 15 is 0 Å². The van der Waals surface area contributed by atoms with Gasteiger partial charge >= 0.3 is 0 Å². The molecule has 0 saturated carbocycles. The quantitative estimate of drug-likeness (QED) is 0.531. The number of aldehydes is 1. The number of carbonyl (C=O) groups excluding carboxylic acids is 1. The van der Waals surface area contributed by atoms with Gasteiger partial charge in [0.2, 0.25) is 0 Å². The molecular formula is C7H3F4NO. The Morgan fingerprint density at radius 3 is 2.46 bits per heavy atom. The van der Waals surface area contributed by atoms with Crippen molar-refractivity contribution in [2.75, 3.05) is 0 Å². The highest BCUT2D eigenvalue weighted by Crippen LogP contribution is 2.24. The fraction of sp³-hybridized carbons (Fsp3) is 0.143. The van der Waals surface area contributed by atoms with E-state index in [0.717, 1.165) is 0 Å². The zero-order valence-corrected chi connectivity index (χ0v) is 6.10. The number of aromatic nitrogens is 1. The molecule has 0 aromatic carbocycles. The van der Waals surface area contributed by atoms with Gasteiger partial charge in [-0.05, 0) is 0 Å².